The summed E-state index contributed by atoms with van der Waals surface area (Å²) in [6, 6.07) is 16.0. The molecule has 0 bridgehead atoms. The topological polar surface area (TPSA) is 127 Å². The zero-order valence-electron chi connectivity index (χ0n) is 35.7. The first-order valence-corrected chi connectivity index (χ1v) is 21.0. The molecule has 0 spiro atoms. The van der Waals surface area contributed by atoms with Crippen molar-refractivity contribution in [1.29, 1.82) is 0 Å². The molecule has 20 heteroatoms. The number of aryl methyl sites for hydroxylation is 2. The van der Waals surface area contributed by atoms with Gasteiger partial charge in [-0.15, -0.1) is 0 Å². The molecule has 5 aromatic rings. The molecule has 66 heavy (non-hydrogen) atoms. The van der Waals surface area contributed by atoms with Crippen molar-refractivity contribution >= 4 is 28.8 Å². The smallest absolute Gasteiger partial charge is 0.425 e. The molecule has 0 saturated carbocycles. The van der Waals surface area contributed by atoms with Crippen LogP contribution in [0.4, 0.5) is 35.1 Å². The zero-order valence-corrected chi connectivity index (χ0v) is 35.7. The van der Waals surface area contributed by atoms with Crippen LogP contribution in [0.1, 0.15) is 55.4 Å². The summed E-state index contributed by atoms with van der Waals surface area (Å²) in [5, 5.41) is -0.259. The van der Waals surface area contributed by atoms with E-state index in [1.165, 1.54) is 47.5 Å². The van der Waals surface area contributed by atoms with E-state index in [1.807, 2.05) is 4.90 Å². The normalized spacial score (nSPS) is 16.0. The highest BCUT2D eigenvalue weighted by molar-refractivity contribution is 5.87. The fraction of sp³-hybridized carbons (Fsp3) is 0.391. The Morgan fingerprint density at radius 2 is 1.47 bits per heavy atom. The largest absolute Gasteiger partial charge is 0.491 e. The molecule has 2 aromatic heterocycles. The van der Waals surface area contributed by atoms with E-state index in [2.05, 4.69) is 9.97 Å². The van der Waals surface area contributed by atoms with E-state index in [0.717, 1.165) is 22.8 Å². The highest BCUT2D eigenvalue weighted by Crippen LogP contribution is 2.34. The third kappa shape index (κ3) is 10.4. The molecular formula is C46H44F8N6O6. The van der Waals surface area contributed by atoms with Crippen LogP contribution in [-0.4, -0.2) is 104 Å². The van der Waals surface area contributed by atoms with Gasteiger partial charge < -0.3 is 19.3 Å². The summed E-state index contributed by atoms with van der Waals surface area (Å²) in [6.45, 7) is 5.30. The molecule has 2 amide bonds. The lowest BCUT2D eigenvalue weighted by molar-refractivity contribution is -0.211. The van der Waals surface area contributed by atoms with E-state index in [1.54, 1.807) is 43.0 Å². The molecule has 1 atom stereocenters. The Labute approximate surface area is 372 Å². The molecule has 2 fully saturated rings. The number of halogens is 8. The van der Waals surface area contributed by atoms with Gasteiger partial charge in [0.1, 0.15) is 11.5 Å². The fourth-order valence-corrected chi connectivity index (χ4v) is 8.31. The number of amides is 2. The van der Waals surface area contributed by atoms with Crippen LogP contribution in [0.2, 0.25) is 0 Å². The van der Waals surface area contributed by atoms with Crippen molar-refractivity contribution in [1.82, 2.24) is 29.2 Å². The molecule has 2 aliphatic rings. The van der Waals surface area contributed by atoms with Gasteiger partial charge in [0.05, 0.1) is 29.7 Å². The highest BCUT2D eigenvalue weighted by atomic mass is 19.4. The number of esters is 1. The maximum Gasteiger partial charge on any atom is 0.491 e. The molecule has 0 aliphatic carbocycles. The number of carbonyl (C=O) groups excluding carboxylic acids is 3. The van der Waals surface area contributed by atoms with Gasteiger partial charge in [-0.3, -0.25) is 23.9 Å². The van der Waals surface area contributed by atoms with Gasteiger partial charge in [-0.25, -0.2) is 18.6 Å². The molecule has 0 radical (unpaired) electrons. The number of hydrogen-bond donors (Lipinski definition) is 0. The van der Waals surface area contributed by atoms with Gasteiger partial charge in [0, 0.05) is 51.4 Å². The summed E-state index contributed by atoms with van der Waals surface area (Å²) in [6.07, 6.45) is -12.0. The molecule has 3 aromatic carbocycles. The first kappa shape index (κ1) is 47.7. The third-order valence-corrected chi connectivity index (χ3v) is 12.0. The van der Waals surface area contributed by atoms with Crippen LogP contribution in [0.15, 0.2) is 89.9 Å². The zero-order chi connectivity index (χ0) is 47.6. The van der Waals surface area contributed by atoms with Gasteiger partial charge in [0.15, 0.2) is 11.6 Å². The van der Waals surface area contributed by atoms with Crippen LogP contribution < -0.4 is 5.56 Å². The molecule has 12 nitrogen and oxygen atoms in total. The van der Waals surface area contributed by atoms with Gasteiger partial charge in [-0.1, -0.05) is 48.5 Å². The van der Waals surface area contributed by atoms with Crippen LogP contribution in [0.5, 0.6) is 0 Å². The minimum absolute atomic E-state index is 0.139. The fourth-order valence-electron chi connectivity index (χ4n) is 8.31. The number of pyridine rings is 1. The van der Waals surface area contributed by atoms with Crippen LogP contribution in [0.3, 0.4) is 0 Å². The molecule has 4 heterocycles. The van der Waals surface area contributed by atoms with Crippen molar-refractivity contribution in [3.63, 3.8) is 0 Å². The predicted octanol–water partition coefficient (Wildman–Crippen LogP) is 7.28. The molecule has 2 saturated heterocycles. The average Bonchev–Trinajstić information content (AvgIpc) is 3.30. The lowest BCUT2D eigenvalue weighted by Crippen LogP contribution is -2.61. The van der Waals surface area contributed by atoms with Crippen LogP contribution >= 0.6 is 0 Å². The van der Waals surface area contributed by atoms with E-state index in [4.69, 9.17) is 9.47 Å². The lowest BCUT2D eigenvalue weighted by atomic mass is 9.93. The summed E-state index contributed by atoms with van der Waals surface area (Å²) in [4.78, 5) is 68.4. The lowest BCUT2D eigenvalue weighted by Gasteiger charge is -2.46. The minimum atomic E-state index is -5.62. The Morgan fingerprint density at radius 3 is 2.09 bits per heavy atom. The van der Waals surface area contributed by atoms with E-state index in [9.17, 15) is 49.5 Å². The molecular weight excluding hydrogens is 885 g/mol. The third-order valence-electron chi connectivity index (χ3n) is 12.0. The predicted molar refractivity (Wildman–Crippen MR) is 222 cm³/mol. The number of benzene rings is 3. The summed E-state index contributed by atoms with van der Waals surface area (Å²) in [5.74, 6) is -6.92. The Balaban J connectivity index is 1.28. The van der Waals surface area contributed by atoms with Gasteiger partial charge in [-0.2, -0.15) is 31.3 Å². The number of hydrogen-bond acceptors (Lipinski definition) is 9. The Morgan fingerprint density at radius 1 is 0.833 bits per heavy atom. The van der Waals surface area contributed by atoms with Crippen molar-refractivity contribution in [2.24, 2.45) is 0 Å². The summed E-state index contributed by atoms with van der Waals surface area (Å²) >= 11 is 0. The first-order chi connectivity index (χ1) is 31.2. The molecule has 7 rings (SSSR count). The maximum atomic E-state index is 15.3. The number of rotatable bonds is 12. The van der Waals surface area contributed by atoms with Gasteiger partial charge in [0.2, 0.25) is 5.91 Å². The monoisotopic (exact) mass is 928 g/mol. The van der Waals surface area contributed by atoms with Crippen LogP contribution in [0.25, 0.3) is 22.2 Å². The number of fused-ring (bicyclic) bond motifs is 1. The van der Waals surface area contributed by atoms with Gasteiger partial charge in [0.25, 0.3) is 17.7 Å². The number of piperidine rings is 1. The number of carbonyl (C=O) groups is 3. The quantitative estimate of drug-likeness (QED) is 0.0938. The molecule has 2 aliphatic heterocycles. The van der Waals surface area contributed by atoms with Crippen molar-refractivity contribution in [3.8, 4) is 11.1 Å². The number of aromatic nitrogens is 3. The number of nitrogens with zero attached hydrogens (tertiary/aromatic N) is 6. The van der Waals surface area contributed by atoms with E-state index in [0.29, 0.717) is 43.0 Å². The molecule has 350 valence electrons. The number of ether oxygens (including phenoxy) is 2. The number of alkyl halides is 6. The SMILES string of the molecule is CC(C)(C(=O)N1CCOCC1)N1CCC(N(Cc2ccc(-c3ccc(C(F)(F)F)cc3)cc2)C(=O)C(OC(=O)C(F)(F)F)n2c(CCc3cccc(F)c3F)nc(=O)c3cccnc32)CC1. The van der Waals surface area contributed by atoms with Gasteiger partial charge in [-0.05, 0) is 85.7 Å². The van der Waals surface area contributed by atoms with Gasteiger partial charge >= 0.3 is 18.3 Å². The van der Waals surface area contributed by atoms with Crippen LogP contribution in [0, 0.1) is 11.6 Å². The van der Waals surface area contributed by atoms with E-state index in [-0.39, 0.29) is 61.4 Å². The van der Waals surface area contributed by atoms with Crippen molar-refractivity contribution in [3.05, 3.63) is 130 Å². The molecule has 0 N–H and O–H groups in total. The Bertz CT molecular complexity index is 2620. The van der Waals surface area contributed by atoms with E-state index < -0.39 is 77.0 Å². The van der Waals surface area contributed by atoms with Crippen LogP contribution in [-0.2, 0) is 49.4 Å². The second-order valence-electron chi connectivity index (χ2n) is 16.5. The molecule has 1 unspecified atom stereocenters. The second kappa shape index (κ2) is 19.3. The number of likely N-dealkylation sites (tertiary alicyclic amines) is 1. The maximum absolute atomic E-state index is 15.3. The Kier molecular flexibility index (Phi) is 13.9. The standard InChI is InChI=1S/C46H44F8N6O6/c1-44(2,42(63)57-23-25-65-26-24-57)58-21-18-33(19-22-58)59(27-28-8-10-29(11-9-28)30-12-15-32(16-13-30)45(49,50)51)40(62)41(66-43(64)46(52,53)54)60-36(17-14-31-5-3-7-35(47)37(31)48)56-39(61)34-6-4-20-55-38(34)60/h3-13,15-16,20,33,41H,14,17-19,21-27H2,1-2H3. The second-order valence-corrected chi connectivity index (χ2v) is 16.5. The summed E-state index contributed by atoms with van der Waals surface area (Å²) in [7, 11) is 0. The number of morpholine rings is 1. The average molecular weight is 929 g/mol. The van der Waals surface area contributed by atoms with Crippen molar-refractivity contribution in [2.75, 3.05) is 39.4 Å². The first-order valence-electron chi connectivity index (χ1n) is 21.0. The highest BCUT2D eigenvalue weighted by Gasteiger charge is 2.47. The summed E-state index contributed by atoms with van der Waals surface area (Å²) < 4.78 is 123. The van der Waals surface area contributed by atoms with Crippen molar-refractivity contribution < 1.29 is 59.0 Å². The Hall–Kier alpha value is -6.28. The van der Waals surface area contributed by atoms with E-state index >= 15 is 4.79 Å². The van der Waals surface area contributed by atoms with Crippen molar-refractivity contribution in [2.45, 2.75) is 76.2 Å². The minimum Gasteiger partial charge on any atom is -0.425 e. The summed E-state index contributed by atoms with van der Waals surface area (Å²) in [5.41, 5.74) is -1.95.